The first-order valence-corrected chi connectivity index (χ1v) is 4.61. The molecule has 0 spiro atoms. The molecule has 2 heteroatoms. The van der Waals surface area contributed by atoms with Crippen molar-refractivity contribution in [3.63, 3.8) is 0 Å². The van der Waals surface area contributed by atoms with Crippen molar-refractivity contribution in [2.75, 3.05) is 0 Å². The van der Waals surface area contributed by atoms with Crippen LogP contribution < -0.4 is 4.74 Å². The van der Waals surface area contributed by atoms with Crippen LogP contribution in [0.4, 0.5) is 0 Å². The summed E-state index contributed by atoms with van der Waals surface area (Å²) >= 11 is 0. The first-order valence-electron chi connectivity index (χ1n) is 4.61. The molecule has 0 radical (unpaired) electrons. The molecule has 0 atom stereocenters. The van der Waals surface area contributed by atoms with Crippen molar-refractivity contribution in [1.29, 1.82) is 0 Å². The number of rotatable bonds is 3. The topological polar surface area (TPSA) is 26.3 Å². The molecule has 1 rings (SSSR count). The Morgan fingerprint density at radius 2 is 2.29 bits per heavy atom. The molecule has 14 heavy (non-hydrogen) atoms. The molecular weight excluding hydrogens is 176 g/mol. The van der Waals surface area contributed by atoms with Gasteiger partial charge in [-0.15, -0.1) is 0 Å². The summed E-state index contributed by atoms with van der Waals surface area (Å²) < 4.78 is 4.97. The Labute approximate surface area is 84.2 Å². The minimum atomic E-state index is -0.284. The van der Waals surface area contributed by atoms with E-state index in [0.717, 1.165) is 12.0 Å². The molecule has 0 N–H and O–H groups in total. The third-order valence-electron chi connectivity index (χ3n) is 1.75. The molecule has 1 aromatic carbocycles. The van der Waals surface area contributed by atoms with Crippen molar-refractivity contribution in [2.24, 2.45) is 0 Å². The highest BCUT2D eigenvalue weighted by molar-refractivity contribution is 5.69. The van der Waals surface area contributed by atoms with Gasteiger partial charge in [0.25, 0.3) is 0 Å². The molecule has 0 aliphatic heterocycles. The van der Waals surface area contributed by atoms with Gasteiger partial charge >= 0.3 is 5.97 Å². The van der Waals surface area contributed by atoms with Crippen LogP contribution >= 0.6 is 0 Å². The second-order valence-electron chi connectivity index (χ2n) is 3.01. The summed E-state index contributed by atoms with van der Waals surface area (Å²) in [6, 6.07) is 7.55. The average Bonchev–Trinajstić information content (AvgIpc) is 2.14. The molecule has 0 bridgehead atoms. The van der Waals surface area contributed by atoms with Crippen LogP contribution in [0.2, 0.25) is 0 Å². The normalized spacial score (nSPS) is 10.4. The third-order valence-corrected chi connectivity index (χ3v) is 1.75. The van der Waals surface area contributed by atoms with Crippen LogP contribution in [0.5, 0.6) is 5.75 Å². The summed E-state index contributed by atoms with van der Waals surface area (Å²) in [5, 5.41) is 0. The van der Waals surface area contributed by atoms with E-state index in [-0.39, 0.29) is 5.97 Å². The number of carbonyl (C=O) groups is 1. The van der Waals surface area contributed by atoms with Gasteiger partial charge in [-0.05, 0) is 31.0 Å². The van der Waals surface area contributed by atoms with E-state index in [2.05, 4.69) is 6.08 Å². The summed E-state index contributed by atoms with van der Waals surface area (Å²) in [4.78, 5) is 10.7. The van der Waals surface area contributed by atoms with Gasteiger partial charge in [0.1, 0.15) is 5.75 Å². The molecule has 0 saturated carbocycles. The van der Waals surface area contributed by atoms with Crippen LogP contribution in [0.15, 0.2) is 36.4 Å². The summed E-state index contributed by atoms with van der Waals surface area (Å²) in [7, 11) is 0. The average molecular weight is 190 g/mol. The zero-order valence-electron chi connectivity index (χ0n) is 8.49. The molecule has 0 aliphatic rings. The summed E-state index contributed by atoms with van der Waals surface area (Å²) in [5.74, 6) is 0.327. The van der Waals surface area contributed by atoms with Crippen LogP contribution in [0.1, 0.15) is 19.4 Å². The van der Waals surface area contributed by atoms with E-state index in [9.17, 15) is 4.79 Å². The lowest BCUT2D eigenvalue weighted by atomic mass is 10.1. The van der Waals surface area contributed by atoms with Gasteiger partial charge in [0.15, 0.2) is 0 Å². The van der Waals surface area contributed by atoms with E-state index in [1.807, 2.05) is 31.2 Å². The molecule has 1 aromatic rings. The summed E-state index contributed by atoms with van der Waals surface area (Å²) in [6.07, 6.45) is 4.93. The number of esters is 1. The van der Waals surface area contributed by atoms with Gasteiger partial charge in [-0.1, -0.05) is 24.3 Å². The van der Waals surface area contributed by atoms with Gasteiger partial charge in [0.2, 0.25) is 0 Å². The van der Waals surface area contributed by atoms with Crippen LogP contribution in [0.3, 0.4) is 0 Å². The maximum absolute atomic E-state index is 10.7. The first-order chi connectivity index (χ1) is 6.72. The molecule has 0 saturated heterocycles. The van der Waals surface area contributed by atoms with Gasteiger partial charge in [-0.25, -0.2) is 0 Å². The van der Waals surface area contributed by atoms with Crippen molar-refractivity contribution in [2.45, 2.75) is 20.3 Å². The van der Waals surface area contributed by atoms with Crippen LogP contribution in [-0.2, 0) is 11.2 Å². The molecule has 0 aliphatic carbocycles. The number of benzene rings is 1. The van der Waals surface area contributed by atoms with Gasteiger partial charge in [0.05, 0.1) is 0 Å². The minimum Gasteiger partial charge on any atom is -0.427 e. The molecule has 0 amide bonds. The Morgan fingerprint density at radius 1 is 1.50 bits per heavy atom. The van der Waals surface area contributed by atoms with Crippen molar-refractivity contribution in [3.8, 4) is 5.75 Å². The largest absolute Gasteiger partial charge is 0.427 e. The lowest BCUT2D eigenvalue weighted by Gasteiger charge is -2.02. The maximum Gasteiger partial charge on any atom is 0.308 e. The Morgan fingerprint density at radius 3 is 2.93 bits per heavy atom. The molecule has 0 aromatic heterocycles. The maximum atomic E-state index is 10.7. The molecule has 74 valence electrons. The standard InChI is InChI=1S/C12H14O2/c1-3-4-6-11-7-5-8-12(9-11)14-10(2)13/h3-5,7-9H,6H2,1-2H3. The fourth-order valence-corrected chi connectivity index (χ4v) is 1.16. The second-order valence-corrected chi connectivity index (χ2v) is 3.01. The fourth-order valence-electron chi connectivity index (χ4n) is 1.16. The van der Waals surface area contributed by atoms with E-state index in [4.69, 9.17) is 4.74 Å². The van der Waals surface area contributed by atoms with Gasteiger partial charge < -0.3 is 4.74 Å². The monoisotopic (exact) mass is 190 g/mol. The first kappa shape index (κ1) is 10.5. The lowest BCUT2D eigenvalue weighted by molar-refractivity contribution is -0.131. The van der Waals surface area contributed by atoms with E-state index < -0.39 is 0 Å². The number of hydrogen-bond donors (Lipinski definition) is 0. The quantitative estimate of drug-likeness (QED) is 0.416. The minimum absolute atomic E-state index is 0.284. The van der Waals surface area contributed by atoms with Gasteiger partial charge in [0, 0.05) is 6.92 Å². The predicted molar refractivity (Wildman–Crippen MR) is 56.3 cm³/mol. The zero-order valence-corrected chi connectivity index (χ0v) is 8.49. The van der Waals surface area contributed by atoms with Crippen LogP contribution in [0.25, 0.3) is 0 Å². The highest BCUT2D eigenvalue weighted by Gasteiger charge is 1.98. The van der Waals surface area contributed by atoms with E-state index in [0.29, 0.717) is 5.75 Å². The zero-order chi connectivity index (χ0) is 10.4. The molecule has 2 nitrogen and oxygen atoms in total. The van der Waals surface area contributed by atoms with Crippen molar-refractivity contribution in [3.05, 3.63) is 42.0 Å². The number of ether oxygens (including phenoxy) is 1. The molecule has 0 heterocycles. The SMILES string of the molecule is CC=CCc1cccc(OC(C)=O)c1. The summed E-state index contributed by atoms with van der Waals surface area (Å²) in [6.45, 7) is 3.38. The number of carbonyl (C=O) groups excluding carboxylic acids is 1. The highest BCUT2D eigenvalue weighted by atomic mass is 16.5. The fraction of sp³-hybridized carbons (Fsp3) is 0.250. The smallest absolute Gasteiger partial charge is 0.308 e. The Kier molecular flexibility index (Phi) is 3.92. The number of hydrogen-bond acceptors (Lipinski definition) is 2. The van der Waals surface area contributed by atoms with E-state index >= 15 is 0 Å². The Balaban J connectivity index is 2.73. The second kappa shape index (κ2) is 5.22. The van der Waals surface area contributed by atoms with E-state index in [1.165, 1.54) is 6.92 Å². The van der Waals surface area contributed by atoms with Crippen molar-refractivity contribution >= 4 is 5.97 Å². The van der Waals surface area contributed by atoms with Gasteiger partial charge in [-0.2, -0.15) is 0 Å². The Hall–Kier alpha value is -1.57. The Bertz CT molecular complexity index is 340. The number of allylic oxidation sites excluding steroid dienone is 2. The van der Waals surface area contributed by atoms with Crippen molar-refractivity contribution < 1.29 is 9.53 Å². The summed E-state index contributed by atoms with van der Waals surface area (Å²) in [5.41, 5.74) is 1.14. The highest BCUT2D eigenvalue weighted by Crippen LogP contribution is 2.14. The molecule has 0 unspecified atom stereocenters. The van der Waals surface area contributed by atoms with Crippen LogP contribution in [0, 0.1) is 0 Å². The molecular formula is C12H14O2. The lowest BCUT2D eigenvalue weighted by Crippen LogP contribution is -2.01. The third kappa shape index (κ3) is 3.44. The predicted octanol–water partition coefficient (Wildman–Crippen LogP) is 2.73. The van der Waals surface area contributed by atoms with Crippen molar-refractivity contribution in [1.82, 2.24) is 0 Å². The van der Waals surface area contributed by atoms with E-state index in [1.54, 1.807) is 6.07 Å². The van der Waals surface area contributed by atoms with Crippen LogP contribution in [-0.4, -0.2) is 5.97 Å². The molecule has 0 fully saturated rings. The van der Waals surface area contributed by atoms with Gasteiger partial charge in [-0.3, -0.25) is 4.79 Å².